The van der Waals surface area contributed by atoms with Gasteiger partial charge in [-0.1, -0.05) is 6.07 Å². The average molecular weight is 405 g/mol. The summed E-state index contributed by atoms with van der Waals surface area (Å²) in [5, 5.41) is 4.75. The fourth-order valence-corrected chi connectivity index (χ4v) is 3.94. The SMILES string of the molecule is COc1ccc(-n2nc3c(cc2=O)CCc2ccc(OC(C)CN(C)C)cc2-3)cc1. The van der Waals surface area contributed by atoms with Gasteiger partial charge in [0.1, 0.15) is 17.6 Å². The summed E-state index contributed by atoms with van der Waals surface area (Å²) in [7, 11) is 5.69. The summed E-state index contributed by atoms with van der Waals surface area (Å²) in [6.07, 6.45) is 1.77. The standard InChI is InChI=1S/C24H27N3O3/c1-16(15-26(2)3)30-21-10-7-17-5-6-18-13-23(28)27(25-24(18)22(17)14-21)19-8-11-20(29-4)12-9-19/h7-14,16H,5-6,15H2,1-4H3. The second kappa shape index (κ2) is 8.32. The Balaban J connectivity index is 1.73. The molecule has 1 aromatic heterocycles. The average Bonchev–Trinajstić information content (AvgIpc) is 2.72. The zero-order valence-corrected chi connectivity index (χ0v) is 17.9. The molecule has 0 spiro atoms. The number of rotatable bonds is 6. The number of ether oxygens (including phenoxy) is 2. The molecule has 156 valence electrons. The molecule has 1 aliphatic carbocycles. The molecule has 0 radical (unpaired) electrons. The number of aromatic nitrogens is 2. The quantitative estimate of drug-likeness (QED) is 0.630. The Morgan fingerprint density at radius 1 is 1.03 bits per heavy atom. The number of nitrogens with zero attached hydrogens (tertiary/aromatic N) is 3. The molecule has 0 N–H and O–H groups in total. The molecule has 6 heteroatoms. The van der Waals surface area contributed by atoms with Crippen LogP contribution in [0.2, 0.25) is 0 Å². The van der Waals surface area contributed by atoms with Gasteiger partial charge < -0.3 is 14.4 Å². The van der Waals surface area contributed by atoms with Gasteiger partial charge in [0.2, 0.25) is 0 Å². The number of methoxy groups -OCH3 is 1. The molecule has 1 atom stereocenters. The number of aryl methyl sites for hydroxylation is 2. The lowest BCUT2D eigenvalue weighted by Gasteiger charge is -2.22. The Hall–Kier alpha value is -3.12. The summed E-state index contributed by atoms with van der Waals surface area (Å²) >= 11 is 0. The van der Waals surface area contributed by atoms with Gasteiger partial charge in [0.25, 0.3) is 5.56 Å². The third-order valence-electron chi connectivity index (χ3n) is 5.29. The molecule has 0 aliphatic heterocycles. The predicted molar refractivity (Wildman–Crippen MR) is 118 cm³/mol. The van der Waals surface area contributed by atoms with Crippen molar-refractivity contribution in [2.45, 2.75) is 25.9 Å². The van der Waals surface area contributed by atoms with Crippen molar-refractivity contribution in [1.82, 2.24) is 14.7 Å². The number of likely N-dealkylation sites (N-methyl/N-ethyl adjacent to an activating group) is 1. The molecule has 4 rings (SSSR count). The van der Waals surface area contributed by atoms with Crippen LogP contribution in [0.15, 0.2) is 53.3 Å². The number of benzene rings is 2. The molecule has 0 saturated carbocycles. The molecule has 1 unspecified atom stereocenters. The lowest BCUT2D eigenvalue weighted by atomic mass is 9.89. The highest BCUT2D eigenvalue weighted by Crippen LogP contribution is 2.34. The molecular weight excluding hydrogens is 378 g/mol. The summed E-state index contributed by atoms with van der Waals surface area (Å²) in [4.78, 5) is 14.8. The van der Waals surface area contributed by atoms with Crippen LogP contribution in [-0.4, -0.2) is 48.5 Å². The third kappa shape index (κ3) is 4.09. The van der Waals surface area contributed by atoms with Gasteiger partial charge in [-0.2, -0.15) is 9.78 Å². The molecule has 2 aromatic carbocycles. The minimum absolute atomic E-state index is 0.0716. The predicted octanol–water partition coefficient (Wildman–Crippen LogP) is 3.34. The first-order chi connectivity index (χ1) is 14.4. The largest absolute Gasteiger partial charge is 0.497 e. The van der Waals surface area contributed by atoms with Crippen molar-refractivity contribution in [1.29, 1.82) is 0 Å². The molecule has 0 saturated heterocycles. The number of hydrogen-bond acceptors (Lipinski definition) is 5. The first kappa shape index (κ1) is 20.2. The van der Waals surface area contributed by atoms with E-state index in [1.807, 2.05) is 44.4 Å². The van der Waals surface area contributed by atoms with Gasteiger partial charge in [0.15, 0.2) is 0 Å². The molecule has 0 bridgehead atoms. The Morgan fingerprint density at radius 3 is 2.43 bits per heavy atom. The third-order valence-corrected chi connectivity index (χ3v) is 5.29. The minimum Gasteiger partial charge on any atom is -0.497 e. The molecule has 6 nitrogen and oxygen atoms in total. The van der Waals surface area contributed by atoms with Crippen molar-refractivity contribution >= 4 is 0 Å². The van der Waals surface area contributed by atoms with E-state index in [1.54, 1.807) is 13.2 Å². The lowest BCUT2D eigenvalue weighted by Crippen LogP contribution is -2.28. The van der Waals surface area contributed by atoms with Crippen molar-refractivity contribution in [3.63, 3.8) is 0 Å². The lowest BCUT2D eigenvalue weighted by molar-refractivity contribution is 0.177. The van der Waals surface area contributed by atoms with E-state index in [9.17, 15) is 4.79 Å². The Morgan fingerprint density at radius 2 is 1.73 bits per heavy atom. The van der Waals surface area contributed by atoms with Gasteiger partial charge in [0, 0.05) is 18.2 Å². The van der Waals surface area contributed by atoms with Gasteiger partial charge >= 0.3 is 0 Å². The molecule has 1 heterocycles. The Bertz CT molecular complexity index is 1100. The summed E-state index contributed by atoms with van der Waals surface area (Å²) in [5.74, 6) is 1.56. The summed E-state index contributed by atoms with van der Waals surface area (Å²) in [6, 6.07) is 15.2. The van der Waals surface area contributed by atoms with E-state index in [2.05, 4.69) is 24.0 Å². The van der Waals surface area contributed by atoms with E-state index in [1.165, 1.54) is 10.2 Å². The van der Waals surface area contributed by atoms with E-state index in [4.69, 9.17) is 14.6 Å². The van der Waals surface area contributed by atoms with Gasteiger partial charge in [-0.05, 0) is 81.4 Å². The normalized spacial score (nSPS) is 13.5. The first-order valence-corrected chi connectivity index (χ1v) is 10.2. The Kier molecular flexibility index (Phi) is 5.59. The zero-order chi connectivity index (χ0) is 21.3. The van der Waals surface area contributed by atoms with E-state index >= 15 is 0 Å². The molecule has 1 aliphatic rings. The van der Waals surface area contributed by atoms with Crippen LogP contribution in [0.1, 0.15) is 18.1 Å². The highest BCUT2D eigenvalue weighted by molar-refractivity contribution is 5.70. The monoisotopic (exact) mass is 405 g/mol. The maximum Gasteiger partial charge on any atom is 0.271 e. The maximum absolute atomic E-state index is 12.7. The fourth-order valence-electron chi connectivity index (χ4n) is 3.94. The van der Waals surface area contributed by atoms with E-state index in [-0.39, 0.29) is 11.7 Å². The van der Waals surface area contributed by atoms with Crippen LogP contribution >= 0.6 is 0 Å². The highest BCUT2D eigenvalue weighted by Gasteiger charge is 2.21. The summed E-state index contributed by atoms with van der Waals surface area (Å²) < 4.78 is 12.8. The van der Waals surface area contributed by atoms with Gasteiger partial charge in [0.05, 0.1) is 18.5 Å². The second-order valence-electron chi connectivity index (χ2n) is 7.98. The Labute approximate surface area is 176 Å². The van der Waals surface area contributed by atoms with E-state index in [0.717, 1.165) is 47.7 Å². The highest BCUT2D eigenvalue weighted by atomic mass is 16.5. The van der Waals surface area contributed by atoms with Crippen molar-refractivity contribution in [3.8, 4) is 28.4 Å². The zero-order valence-electron chi connectivity index (χ0n) is 17.9. The molecule has 0 amide bonds. The van der Waals surface area contributed by atoms with E-state index < -0.39 is 0 Å². The fraction of sp³-hybridized carbons (Fsp3) is 0.333. The smallest absolute Gasteiger partial charge is 0.271 e. The van der Waals surface area contributed by atoms with Crippen LogP contribution in [0.3, 0.4) is 0 Å². The number of fused-ring (bicyclic) bond motifs is 3. The van der Waals surface area contributed by atoms with Crippen LogP contribution in [0.5, 0.6) is 11.5 Å². The van der Waals surface area contributed by atoms with Gasteiger partial charge in [-0.3, -0.25) is 4.79 Å². The summed E-state index contributed by atoms with van der Waals surface area (Å²) in [5.41, 5.74) is 4.67. The van der Waals surface area contributed by atoms with Crippen molar-refractivity contribution in [3.05, 3.63) is 70.0 Å². The van der Waals surface area contributed by atoms with Gasteiger partial charge in [-0.25, -0.2) is 0 Å². The van der Waals surface area contributed by atoms with Crippen LogP contribution in [0.4, 0.5) is 0 Å². The van der Waals surface area contributed by atoms with Crippen molar-refractivity contribution in [2.75, 3.05) is 27.7 Å². The van der Waals surface area contributed by atoms with Crippen molar-refractivity contribution in [2.24, 2.45) is 0 Å². The number of hydrogen-bond donors (Lipinski definition) is 0. The van der Waals surface area contributed by atoms with Gasteiger partial charge in [-0.15, -0.1) is 0 Å². The van der Waals surface area contributed by atoms with E-state index in [0.29, 0.717) is 5.69 Å². The van der Waals surface area contributed by atoms with Crippen LogP contribution < -0.4 is 15.0 Å². The van der Waals surface area contributed by atoms with Crippen LogP contribution in [0.25, 0.3) is 16.9 Å². The molecular formula is C24H27N3O3. The summed E-state index contributed by atoms with van der Waals surface area (Å²) in [6.45, 7) is 2.90. The van der Waals surface area contributed by atoms with Crippen LogP contribution in [0, 0.1) is 0 Å². The second-order valence-corrected chi connectivity index (χ2v) is 7.98. The molecule has 0 fully saturated rings. The first-order valence-electron chi connectivity index (χ1n) is 10.2. The maximum atomic E-state index is 12.7. The van der Waals surface area contributed by atoms with Crippen molar-refractivity contribution < 1.29 is 9.47 Å². The minimum atomic E-state index is -0.130. The molecule has 30 heavy (non-hydrogen) atoms. The molecule has 3 aromatic rings. The van der Waals surface area contributed by atoms with Crippen LogP contribution in [-0.2, 0) is 12.8 Å². The topological polar surface area (TPSA) is 56.6 Å².